The van der Waals surface area contributed by atoms with Gasteiger partial charge in [0.05, 0.1) is 11.2 Å². The molecule has 0 spiro atoms. The summed E-state index contributed by atoms with van der Waals surface area (Å²) in [7, 11) is 0. The van der Waals surface area contributed by atoms with E-state index in [-0.39, 0.29) is 22.5 Å². The lowest BCUT2D eigenvalue weighted by Crippen LogP contribution is -2.50. The second-order valence-corrected chi connectivity index (χ2v) is 8.66. The zero-order valence-electron chi connectivity index (χ0n) is 18.3. The van der Waals surface area contributed by atoms with Gasteiger partial charge in [-0.1, -0.05) is 43.7 Å². The highest BCUT2D eigenvalue weighted by Gasteiger charge is 2.28. The van der Waals surface area contributed by atoms with Crippen LogP contribution in [-0.4, -0.2) is 70.9 Å². The van der Waals surface area contributed by atoms with E-state index in [0.29, 0.717) is 44.5 Å². The number of hydrogen-bond acceptors (Lipinski definition) is 5. The maximum absolute atomic E-state index is 13.0. The standard InChI is InChI=1S/C22H34ClN5O2/c1-3-26(4-2)22-24-16-18(23)20(25-22)21(30)28-14-12-27(13-15-28)19(29)11-10-17-8-6-5-7-9-17/h16-17H,3-15H2,1-2H3. The summed E-state index contributed by atoms with van der Waals surface area (Å²) in [6.07, 6.45) is 9.62. The Bertz CT molecular complexity index is 726. The van der Waals surface area contributed by atoms with Gasteiger partial charge in [0.2, 0.25) is 11.9 Å². The Kier molecular flexibility index (Phi) is 8.31. The lowest BCUT2D eigenvalue weighted by Gasteiger charge is -2.35. The average molecular weight is 436 g/mol. The van der Waals surface area contributed by atoms with E-state index >= 15 is 0 Å². The van der Waals surface area contributed by atoms with Crippen molar-refractivity contribution < 1.29 is 9.59 Å². The van der Waals surface area contributed by atoms with Crippen molar-refractivity contribution in [2.75, 3.05) is 44.2 Å². The summed E-state index contributed by atoms with van der Waals surface area (Å²) in [6, 6.07) is 0. The van der Waals surface area contributed by atoms with Gasteiger partial charge in [0, 0.05) is 45.7 Å². The van der Waals surface area contributed by atoms with Crippen molar-refractivity contribution in [3.05, 3.63) is 16.9 Å². The molecule has 1 saturated heterocycles. The van der Waals surface area contributed by atoms with Gasteiger partial charge in [0.1, 0.15) is 0 Å². The van der Waals surface area contributed by atoms with Crippen molar-refractivity contribution >= 4 is 29.4 Å². The van der Waals surface area contributed by atoms with Crippen LogP contribution < -0.4 is 4.90 Å². The predicted octanol–water partition coefficient (Wildman–Crippen LogP) is 3.62. The summed E-state index contributed by atoms with van der Waals surface area (Å²) in [5.74, 6) is 1.26. The second-order valence-electron chi connectivity index (χ2n) is 8.25. The smallest absolute Gasteiger partial charge is 0.274 e. The number of anilines is 1. The zero-order valence-corrected chi connectivity index (χ0v) is 19.0. The van der Waals surface area contributed by atoms with E-state index < -0.39 is 0 Å². The number of halogens is 1. The molecule has 8 heteroatoms. The first-order chi connectivity index (χ1) is 14.5. The van der Waals surface area contributed by atoms with Crippen LogP contribution in [0.25, 0.3) is 0 Å². The van der Waals surface area contributed by atoms with Gasteiger partial charge in [-0.2, -0.15) is 0 Å². The second kappa shape index (κ2) is 10.9. The van der Waals surface area contributed by atoms with Gasteiger partial charge in [-0.25, -0.2) is 9.97 Å². The maximum Gasteiger partial charge on any atom is 0.274 e. The SMILES string of the molecule is CCN(CC)c1ncc(Cl)c(C(=O)N2CCN(C(=O)CCC3CCCCC3)CC2)n1. The first-order valence-electron chi connectivity index (χ1n) is 11.4. The van der Waals surface area contributed by atoms with Crippen molar-refractivity contribution in [3.8, 4) is 0 Å². The fourth-order valence-corrected chi connectivity index (χ4v) is 4.61. The third-order valence-corrected chi connectivity index (χ3v) is 6.67. The summed E-state index contributed by atoms with van der Waals surface area (Å²) in [6.45, 7) is 7.72. The summed E-state index contributed by atoms with van der Waals surface area (Å²) < 4.78 is 0. The molecule has 1 aromatic heterocycles. The van der Waals surface area contributed by atoms with Crippen molar-refractivity contribution in [1.82, 2.24) is 19.8 Å². The number of aromatic nitrogens is 2. The Morgan fingerprint density at radius 2 is 1.70 bits per heavy atom. The Hall–Kier alpha value is -1.89. The highest BCUT2D eigenvalue weighted by Crippen LogP contribution is 2.27. The molecule has 0 atom stereocenters. The zero-order chi connectivity index (χ0) is 21.5. The van der Waals surface area contributed by atoms with Crippen molar-refractivity contribution in [2.24, 2.45) is 5.92 Å². The van der Waals surface area contributed by atoms with Crippen LogP contribution in [0, 0.1) is 5.92 Å². The van der Waals surface area contributed by atoms with E-state index in [4.69, 9.17) is 11.6 Å². The van der Waals surface area contributed by atoms with E-state index in [1.165, 1.54) is 38.3 Å². The van der Waals surface area contributed by atoms with Crippen LogP contribution in [0.5, 0.6) is 0 Å². The molecule has 30 heavy (non-hydrogen) atoms. The lowest BCUT2D eigenvalue weighted by atomic mass is 9.86. The highest BCUT2D eigenvalue weighted by atomic mass is 35.5. The molecule has 0 radical (unpaired) electrons. The molecule has 1 saturated carbocycles. The summed E-state index contributed by atoms with van der Waals surface area (Å²) >= 11 is 6.24. The van der Waals surface area contributed by atoms with Gasteiger partial charge in [-0.05, 0) is 26.2 Å². The minimum absolute atomic E-state index is 0.190. The van der Waals surface area contributed by atoms with Crippen LogP contribution in [-0.2, 0) is 4.79 Å². The first kappa shape index (κ1) is 22.8. The van der Waals surface area contributed by atoms with E-state index in [2.05, 4.69) is 9.97 Å². The largest absolute Gasteiger partial charge is 0.341 e. The van der Waals surface area contributed by atoms with E-state index in [0.717, 1.165) is 19.5 Å². The fourth-order valence-electron chi connectivity index (χ4n) is 4.44. The molecule has 166 valence electrons. The minimum Gasteiger partial charge on any atom is -0.341 e. The van der Waals surface area contributed by atoms with Crippen LogP contribution in [0.4, 0.5) is 5.95 Å². The number of carbonyl (C=O) groups excluding carboxylic acids is 2. The number of piperazine rings is 1. The number of carbonyl (C=O) groups is 2. The Balaban J connectivity index is 1.53. The third kappa shape index (κ3) is 5.62. The molecule has 1 aromatic rings. The number of rotatable bonds is 7. The average Bonchev–Trinajstić information content (AvgIpc) is 2.79. The van der Waals surface area contributed by atoms with Crippen molar-refractivity contribution in [1.29, 1.82) is 0 Å². The molecule has 0 N–H and O–H groups in total. The first-order valence-corrected chi connectivity index (χ1v) is 11.8. The van der Waals surface area contributed by atoms with Gasteiger partial charge in [0.15, 0.2) is 5.69 Å². The predicted molar refractivity (Wildman–Crippen MR) is 119 cm³/mol. The van der Waals surface area contributed by atoms with Crippen molar-refractivity contribution in [3.63, 3.8) is 0 Å². The Labute approximate surface area is 184 Å². The van der Waals surface area contributed by atoms with E-state index in [1.54, 1.807) is 4.90 Å². The van der Waals surface area contributed by atoms with Crippen LogP contribution in [0.1, 0.15) is 69.3 Å². The molecule has 0 unspecified atom stereocenters. The van der Waals surface area contributed by atoms with Crippen LogP contribution in [0.15, 0.2) is 6.20 Å². The quantitative estimate of drug-likeness (QED) is 0.654. The molecule has 2 heterocycles. The number of hydrogen-bond donors (Lipinski definition) is 0. The van der Waals surface area contributed by atoms with Gasteiger partial charge in [0.25, 0.3) is 5.91 Å². The molecule has 3 rings (SSSR count). The van der Waals surface area contributed by atoms with Crippen LogP contribution >= 0.6 is 11.6 Å². The molecule has 0 bridgehead atoms. The third-order valence-electron chi connectivity index (χ3n) is 6.39. The van der Waals surface area contributed by atoms with Crippen LogP contribution in [0.2, 0.25) is 5.02 Å². The summed E-state index contributed by atoms with van der Waals surface area (Å²) in [4.78, 5) is 39.9. The molecular formula is C22H34ClN5O2. The van der Waals surface area contributed by atoms with Gasteiger partial charge in [-0.3, -0.25) is 9.59 Å². The molecule has 1 aliphatic carbocycles. The van der Waals surface area contributed by atoms with Gasteiger partial charge in [-0.15, -0.1) is 0 Å². The normalized spacial score (nSPS) is 17.8. The topological polar surface area (TPSA) is 69.6 Å². The monoisotopic (exact) mass is 435 g/mol. The van der Waals surface area contributed by atoms with Crippen LogP contribution in [0.3, 0.4) is 0 Å². The minimum atomic E-state index is -0.190. The fraction of sp³-hybridized carbons (Fsp3) is 0.727. The molecular weight excluding hydrogens is 402 g/mol. The Morgan fingerprint density at radius 1 is 1.07 bits per heavy atom. The maximum atomic E-state index is 13.0. The highest BCUT2D eigenvalue weighted by molar-refractivity contribution is 6.33. The molecule has 7 nitrogen and oxygen atoms in total. The molecule has 2 amide bonds. The van der Waals surface area contributed by atoms with Gasteiger partial charge < -0.3 is 14.7 Å². The lowest BCUT2D eigenvalue weighted by molar-refractivity contribution is -0.133. The summed E-state index contributed by atoms with van der Waals surface area (Å²) in [5.41, 5.74) is 0.241. The molecule has 2 fully saturated rings. The molecule has 1 aliphatic heterocycles. The number of nitrogens with zero attached hydrogens (tertiary/aromatic N) is 5. The number of amides is 2. The van der Waals surface area contributed by atoms with Crippen molar-refractivity contribution in [2.45, 2.75) is 58.8 Å². The van der Waals surface area contributed by atoms with E-state index in [1.807, 2.05) is 23.6 Å². The summed E-state index contributed by atoms with van der Waals surface area (Å²) in [5, 5.41) is 0.266. The Morgan fingerprint density at radius 3 is 2.33 bits per heavy atom. The molecule has 2 aliphatic rings. The van der Waals surface area contributed by atoms with Gasteiger partial charge >= 0.3 is 0 Å². The molecule has 0 aromatic carbocycles. The van der Waals surface area contributed by atoms with E-state index in [9.17, 15) is 9.59 Å².